The van der Waals surface area contributed by atoms with Crippen LogP contribution in [-0.4, -0.2) is 86.7 Å². The molecular weight excluding hydrogens is 496 g/mol. The van der Waals surface area contributed by atoms with Crippen LogP contribution in [0.25, 0.3) is 0 Å². The molecule has 0 aromatic carbocycles. The summed E-state index contributed by atoms with van der Waals surface area (Å²) in [6.45, 7) is 4.57. The van der Waals surface area contributed by atoms with E-state index < -0.39 is 29.2 Å². The summed E-state index contributed by atoms with van der Waals surface area (Å²) in [5, 5.41) is 17.3. The average molecular weight is 519 g/mol. The number of allylic oxidation sites excluding steroid dienone is 1. The Morgan fingerprint density at radius 3 is 2.86 bits per heavy atom. The highest BCUT2D eigenvalue weighted by molar-refractivity contribution is 8.00. The van der Waals surface area contributed by atoms with Crippen LogP contribution in [0, 0.1) is 0 Å². The van der Waals surface area contributed by atoms with Crippen molar-refractivity contribution in [3.05, 3.63) is 46.6 Å². The van der Waals surface area contributed by atoms with E-state index in [1.165, 1.54) is 24.3 Å². The summed E-state index contributed by atoms with van der Waals surface area (Å²) in [4.78, 5) is 61.9. The molecule has 4 rings (SSSR count). The van der Waals surface area contributed by atoms with Crippen molar-refractivity contribution in [3.63, 3.8) is 0 Å². The van der Waals surface area contributed by atoms with Crippen molar-refractivity contribution in [2.45, 2.75) is 17.8 Å². The second-order valence-corrected chi connectivity index (χ2v) is 9.69. The number of rotatable bonds is 8. The molecule has 1 aromatic rings. The largest absolute Gasteiger partial charge is 0.477 e. The topological polar surface area (TPSA) is 168 Å². The van der Waals surface area contributed by atoms with Crippen molar-refractivity contribution in [1.82, 2.24) is 20.1 Å². The molecule has 0 saturated carbocycles. The molecule has 1 aromatic heterocycles. The Labute approximate surface area is 208 Å². The number of carboxylic acids is 1. The maximum Gasteiger partial charge on any atom is 0.352 e. The number of carbonyl (C=O) groups is 4. The number of thiazole rings is 1. The number of nitrogens with one attached hydrogen (secondary N) is 1. The fourth-order valence-electron chi connectivity index (χ4n) is 4.00. The van der Waals surface area contributed by atoms with Gasteiger partial charge in [-0.2, -0.15) is 0 Å². The minimum absolute atomic E-state index is 0.157. The fraction of sp³-hybridized carbons (Fsp3) is 0.333. The Hall–Kier alpha value is -3.65. The predicted octanol–water partition coefficient (Wildman–Crippen LogP) is 0.159. The summed E-state index contributed by atoms with van der Waals surface area (Å²) in [5.41, 5.74) is 6.34. The van der Waals surface area contributed by atoms with Gasteiger partial charge < -0.3 is 25.9 Å². The number of likely N-dealkylation sites (tertiary alicyclic amines) is 1. The molecular formula is C21H22N6O6S2. The number of β-lactam (4-membered cyclic amide) rings is 1. The van der Waals surface area contributed by atoms with E-state index in [1.807, 2.05) is 0 Å². The van der Waals surface area contributed by atoms with Gasteiger partial charge in [0.05, 0.1) is 0 Å². The van der Waals surface area contributed by atoms with Gasteiger partial charge in [-0.3, -0.25) is 19.3 Å². The van der Waals surface area contributed by atoms with Gasteiger partial charge in [0.15, 0.2) is 10.8 Å². The second-order valence-electron chi connectivity index (χ2n) is 7.69. The number of anilines is 1. The minimum atomic E-state index is -1.28. The van der Waals surface area contributed by atoms with Crippen molar-refractivity contribution in [2.75, 3.05) is 31.7 Å². The van der Waals surface area contributed by atoms with Crippen LogP contribution in [0.15, 0.2) is 46.1 Å². The summed E-state index contributed by atoms with van der Waals surface area (Å²) >= 11 is 2.41. The maximum absolute atomic E-state index is 12.9. The lowest BCUT2D eigenvalue weighted by molar-refractivity contribution is -0.150. The SMILES string of the molecule is C=CCN1CC/C(=C\C2=C(C(=O)O)N3C(=O)[C@@H](NC(=O)/C(=N\OC)c4csc(N)n4)[C@H]3SC2)C1=O. The van der Waals surface area contributed by atoms with E-state index in [2.05, 4.69) is 22.0 Å². The zero-order valence-corrected chi connectivity index (χ0v) is 20.2. The van der Waals surface area contributed by atoms with Crippen molar-refractivity contribution in [1.29, 1.82) is 0 Å². The molecule has 4 N–H and O–H groups in total. The third-order valence-electron chi connectivity index (χ3n) is 5.56. The number of aliphatic carboxylic acids is 1. The number of carboxylic acid groups (broad SMARTS) is 1. The number of hydrogen-bond acceptors (Lipinski definition) is 10. The summed E-state index contributed by atoms with van der Waals surface area (Å²) < 4.78 is 0. The van der Waals surface area contributed by atoms with E-state index in [0.29, 0.717) is 30.7 Å². The fourth-order valence-corrected chi connectivity index (χ4v) is 5.85. The van der Waals surface area contributed by atoms with Crippen LogP contribution < -0.4 is 11.1 Å². The molecule has 2 saturated heterocycles. The first kappa shape index (κ1) is 24.5. The van der Waals surface area contributed by atoms with Gasteiger partial charge in [-0.15, -0.1) is 29.7 Å². The number of amides is 3. The molecule has 0 bridgehead atoms. The molecule has 3 amide bonds. The summed E-state index contributed by atoms with van der Waals surface area (Å²) in [7, 11) is 1.27. The van der Waals surface area contributed by atoms with Crippen molar-refractivity contribution >= 4 is 57.6 Å². The third kappa shape index (κ3) is 4.53. The van der Waals surface area contributed by atoms with Crippen molar-refractivity contribution < 1.29 is 29.1 Å². The molecule has 4 heterocycles. The second kappa shape index (κ2) is 9.92. The van der Waals surface area contributed by atoms with Gasteiger partial charge in [0.2, 0.25) is 5.91 Å². The van der Waals surface area contributed by atoms with Gasteiger partial charge in [-0.05, 0) is 18.1 Å². The number of fused-ring (bicyclic) bond motifs is 1. The van der Waals surface area contributed by atoms with Gasteiger partial charge in [-0.25, -0.2) is 9.78 Å². The zero-order chi connectivity index (χ0) is 25.3. The molecule has 0 spiro atoms. The van der Waals surface area contributed by atoms with Crippen LogP contribution in [0.1, 0.15) is 12.1 Å². The first-order valence-electron chi connectivity index (χ1n) is 10.4. The Kier molecular flexibility index (Phi) is 6.93. The highest BCUT2D eigenvalue weighted by Gasteiger charge is 2.54. The lowest BCUT2D eigenvalue weighted by Gasteiger charge is -2.49. The molecule has 2 atom stereocenters. The average Bonchev–Trinajstić information content (AvgIpc) is 3.41. The first-order valence-corrected chi connectivity index (χ1v) is 12.3. The minimum Gasteiger partial charge on any atom is -0.477 e. The molecule has 2 fully saturated rings. The van der Waals surface area contributed by atoms with E-state index in [9.17, 15) is 24.3 Å². The number of nitrogens with zero attached hydrogens (tertiary/aromatic N) is 4. The molecule has 0 aliphatic carbocycles. The molecule has 12 nitrogen and oxygen atoms in total. The number of thioether (sulfide) groups is 1. The molecule has 14 heteroatoms. The van der Waals surface area contributed by atoms with Crippen LogP contribution in [0.4, 0.5) is 5.13 Å². The Bertz CT molecular complexity index is 1200. The molecule has 35 heavy (non-hydrogen) atoms. The van der Waals surface area contributed by atoms with Gasteiger partial charge in [0, 0.05) is 29.8 Å². The van der Waals surface area contributed by atoms with E-state index in [-0.39, 0.29) is 33.9 Å². The predicted molar refractivity (Wildman–Crippen MR) is 129 cm³/mol. The summed E-state index contributed by atoms with van der Waals surface area (Å²) in [6.07, 6.45) is 3.67. The number of nitrogens with two attached hydrogens (primary N) is 1. The lowest BCUT2D eigenvalue weighted by Crippen LogP contribution is -2.71. The van der Waals surface area contributed by atoms with Gasteiger partial charge in [0.1, 0.15) is 29.9 Å². The van der Waals surface area contributed by atoms with Crippen LogP contribution in [0.2, 0.25) is 0 Å². The zero-order valence-electron chi connectivity index (χ0n) is 18.6. The molecule has 184 valence electrons. The Balaban J connectivity index is 1.54. The van der Waals surface area contributed by atoms with E-state index in [1.54, 1.807) is 17.1 Å². The number of hydrogen-bond donors (Lipinski definition) is 3. The molecule has 0 unspecified atom stereocenters. The van der Waals surface area contributed by atoms with Crippen LogP contribution in [0.5, 0.6) is 0 Å². The van der Waals surface area contributed by atoms with Gasteiger partial charge in [-0.1, -0.05) is 11.2 Å². The smallest absolute Gasteiger partial charge is 0.352 e. The third-order valence-corrected chi connectivity index (χ3v) is 7.54. The van der Waals surface area contributed by atoms with Gasteiger partial charge in [0.25, 0.3) is 11.8 Å². The highest BCUT2D eigenvalue weighted by Crippen LogP contribution is 2.41. The number of aromatic nitrogens is 1. The highest BCUT2D eigenvalue weighted by atomic mass is 32.2. The first-order chi connectivity index (χ1) is 16.8. The molecule has 3 aliphatic rings. The van der Waals surface area contributed by atoms with E-state index in [0.717, 1.165) is 16.2 Å². The van der Waals surface area contributed by atoms with E-state index >= 15 is 0 Å². The Morgan fingerprint density at radius 2 is 2.23 bits per heavy atom. The van der Waals surface area contributed by atoms with Gasteiger partial charge >= 0.3 is 5.97 Å². The monoisotopic (exact) mass is 518 g/mol. The molecule has 3 aliphatic heterocycles. The summed E-state index contributed by atoms with van der Waals surface area (Å²) in [6, 6.07) is -0.967. The maximum atomic E-state index is 12.9. The number of nitrogen functional groups attached to an aromatic ring is 1. The van der Waals surface area contributed by atoms with Crippen molar-refractivity contribution in [3.8, 4) is 0 Å². The van der Waals surface area contributed by atoms with Crippen LogP contribution >= 0.6 is 23.1 Å². The van der Waals surface area contributed by atoms with Crippen molar-refractivity contribution in [2.24, 2.45) is 5.16 Å². The Morgan fingerprint density at radius 1 is 1.46 bits per heavy atom. The van der Waals surface area contributed by atoms with Crippen LogP contribution in [0.3, 0.4) is 0 Å². The summed E-state index contributed by atoms with van der Waals surface area (Å²) in [5.74, 6) is -2.49. The number of oxime groups is 1. The van der Waals surface area contributed by atoms with E-state index in [4.69, 9.17) is 10.6 Å². The molecule has 0 radical (unpaired) electrons. The standard InChI is InChI=1S/C21H22N6O6S2/c1-3-5-26-6-4-10(17(26)29)7-11-8-34-19-14(18(30)27(19)15(11)20(31)32)24-16(28)13(25-33-2)12-9-35-21(22)23-12/h3,7,9,14,19H,1,4-6,8H2,2H3,(H2,22,23)(H,24,28)(H,31,32)/b10-7+,25-13-/t14-,19-/m1/s1. The van der Waals surface area contributed by atoms with Crippen LogP contribution in [-0.2, 0) is 24.0 Å². The lowest BCUT2D eigenvalue weighted by atomic mass is 10.0. The number of carbonyl (C=O) groups excluding carboxylic acids is 3. The normalized spacial score (nSPS) is 23.3. The quantitative estimate of drug-likeness (QED) is 0.143.